The number of hydrogen-bond donors (Lipinski definition) is 0. The predicted molar refractivity (Wildman–Crippen MR) is 145 cm³/mol. The van der Waals surface area contributed by atoms with E-state index in [2.05, 4.69) is 37.1 Å². The van der Waals surface area contributed by atoms with E-state index in [0.29, 0.717) is 29.3 Å². The number of hydrogen-bond acceptors (Lipinski definition) is 2. The molecule has 0 spiro atoms. The second-order valence-electron chi connectivity index (χ2n) is 9.15. The van der Waals surface area contributed by atoms with E-state index < -0.39 is 5.95 Å². The molecule has 1 heterocycles. The smallest absolute Gasteiger partial charge is 0.255 e. The summed E-state index contributed by atoms with van der Waals surface area (Å²) in [6.07, 6.45) is 12.3. The van der Waals surface area contributed by atoms with Gasteiger partial charge in [-0.25, -0.2) is 9.37 Å². The molecule has 0 amide bonds. The van der Waals surface area contributed by atoms with Crippen LogP contribution in [-0.4, -0.2) is 11.6 Å². The first-order chi connectivity index (χ1) is 17.5. The van der Waals surface area contributed by atoms with Gasteiger partial charge < -0.3 is 4.74 Å². The van der Waals surface area contributed by atoms with E-state index in [-0.39, 0.29) is 16.6 Å². The van der Waals surface area contributed by atoms with Crippen LogP contribution in [-0.2, 0) is 0 Å². The number of aromatic nitrogens is 1. The van der Waals surface area contributed by atoms with Gasteiger partial charge in [0.1, 0.15) is 5.82 Å². The summed E-state index contributed by atoms with van der Waals surface area (Å²) in [7, 11) is 0. The van der Waals surface area contributed by atoms with Gasteiger partial charge in [0.15, 0.2) is 5.75 Å². The number of nitrogens with zero attached hydrogens (tertiary/aromatic N) is 1. The lowest BCUT2D eigenvalue weighted by molar-refractivity contribution is 0.290. The van der Waals surface area contributed by atoms with E-state index >= 15 is 4.39 Å². The molecule has 0 saturated carbocycles. The van der Waals surface area contributed by atoms with Crippen LogP contribution in [0.25, 0.3) is 28.0 Å². The van der Waals surface area contributed by atoms with Gasteiger partial charge in [0.05, 0.1) is 17.3 Å². The van der Waals surface area contributed by atoms with Gasteiger partial charge in [-0.3, -0.25) is 0 Å². The summed E-state index contributed by atoms with van der Waals surface area (Å²) in [6, 6.07) is 14.4. The predicted octanol–water partition coefficient (Wildman–Crippen LogP) is 9.68. The molecule has 0 N–H and O–H groups in total. The molecule has 0 radical (unpaired) electrons. The Morgan fingerprint density at radius 2 is 1.75 bits per heavy atom. The zero-order valence-electron chi connectivity index (χ0n) is 20.9. The van der Waals surface area contributed by atoms with E-state index in [1.807, 2.05) is 36.4 Å². The topological polar surface area (TPSA) is 22.1 Å². The number of allylic oxidation sites excluding steroid dienone is 4. The molecule has 1 unspecified atom stereocenters. The normalized spacial score (nSPS) is 15.8. The zero-order valence-corrected chi connectivity index (χ0v) is 21.6. The van der Waals surface area contributed by atoms with Crippen LogP contribution in [0, 0.1) is 17.7 Å². The Labute approximate surface area is 217 Å². The van der Waals surface area contributed by atoms with Crippen LogP contribution in [0.5, 0.6) is 5.75 Å². The first kappa shape index (κ1) is 26.1. The maximum Gasteiger partial charge on any atom is 0.255 e. The summed E-state index contributed by atoms with van der Waals surface area (Å²) >= 11 is 6.51. The Bertz CT molecular complexity index is 1250. The van der Waals surface area contributed by atoms with Crippen LogP contribution >= 0.6 is 11.6 Å². The van der Waals surface area contributed by atoms with Crippen molar-refractivity contribution in [1.82, 2.24) is 4.98 Å². The molecular weight excluding hydrogens is 476 g/mol. The van der Waals surface area contributed by atoms with Gasteiger partial charge in [-0.15, -0.1) is 0 Å². The molecule has 4 rings (SSSR count). The van der Waals surface area contributed by atoms with Gasteiger partial charge in [-0.2, -0.15) is 4.39 Å². The highest BCUT2D eigenvalue weighted by atomic mass is 35.5. The molecule has 0 bridgehead atoms. The first-order valence-electron chi connectivity index (χ1n) is 12.8. The maximum atomic E-state index is 15.3. The fourth-order valence-electron chi connectivity index (χ4n) is 4.46. The highest BCUT2D eigenvalue weighted by Gasteiger charge is 2.19. The fourth-order valence-corrected chi connectivity index (χ4v) is 4.73. The highest BCUT2D eigenvalue weighted by Crippen LogP contribution is 2.38. The average molecular weight is 508 g/mol. The first-order valence-corrected chi connectivity index (χ1v) is 13.1. The van der Waals surface area contributed by atoms with Gasteiger partial charge in [-0.05, 0) is 61.3 Å². The number of halogens is 3. The van der Waals surface area contributed by atoms with Gasteiger partial charge in [0, 0.05) is 16.7 Å². The number of benzene rings is 2. The molecule has 0 fully saturated rings. The Morgan fingerprint density at radius 3 is 2.42 bits per heavy atom. The molecule has 188 valence electrons. The fraction of sp³-hybridized carbons (Fsp3) is 0.323. The maximum absolute atomic E-state index is 15.3. The van der Waals surface area contributed by atoms with Gasteiger partial charge in [0.25, 0.3) is 5.95 Å². The second kappa shape index (κ2) is 12.3. The van der Waals surface area contributed by atoms with Gasteiger partial charge >= 0.3 is 0 Å². The van der Waals surface area contributed by atoms with Crippen molar-refractivity contribution < 1.29 is 13.5 Å². The number of unbranched alkanes of at least 4 members (excludes halogenated alkanes) is 1. The third-order valence-electron chi connectivity index (χ3n) is 6.59. The Balaban J connectivity index is 1.51. The van der Waals surface area contributed by atoms with Crippen LogP contribution in [0.2, 0.25) is 5.02 Å². The van der Waals surface area contributed by atoms with Crippen LogP contribution in [0.1, 0.15) is 57.9 Å². The van der Waals surface area contributed by atoms with E-state index in [4.69, 9.17) is 16.3 Å². The van der Waals surface area contributed by atoms with E-state index in [9.17, 15) is 4.39 Å². The molecule has 3 aromatic rings. The summed E-state index contributed by atoms with van der Waals surface area (Å²) in [6.45, 7) is 4.65. The molecule has 0 aliphatic heterocycles. The SMILES string of the molecule is CC/C=C/C1CC=C(c2ccc(-c3ccc(-c4ccc(OCCCC)c(F)n4)cc3)c(Cl)c2F)CC1. The molecule has 1 aromatic heterocycles. The van der Waals surface area contributed by atoms with E-state index in [0.717, 1.165) is 55.2 Å². The molecule has 2 aromatic carbocycles. The van der Waals surface area contributed by atoms with Crippen molar-refractivity contribution in [2.24, 2.45) is 5.92 Å². The minimum Gasteiger partial charge on any atom is -0.489 e. The highest BCUT2D eigenvalue weighted by molar-refractivity contribution is 6.33. The lowest BCUT2D eigenvalue weighted by atomic mass is 9.85. The summed E-state index contributed by atoms with van der Waals surface area (Å²) in [5.41, 5.74) is 4.28. The Morgan fingerprint density at radius 1 is 1.00 bits per heavy atom. The van der Waals surface area contributed by atoms with Crippen molar-refractivity contribution in [3.63, 3.8) is 0 Å². The molecular formula is C31H32ClF2NO. The van der Waals surface area contributed by atoms with Crippen LogP contribution in [0.3, 0.4) is 0 Å². The van der Waals surface area contributed by atoms with E-state index in [1.54, 1.807) is 12.1 Å². The van der Waals surface area contributed by atoms with Gasteiger partial charge in [-0.1, -0.05) is 86.5 Å². The summed E-state index contributed by atoms with van der Waals surface area (Å²) in [5.74, 6) is -0.322. The summed E-state index contributed by atoms with van der Waals surface area (Å²) < 4.78 is 35.1. The number of pyridine rings is 1. The standard InChI is InChI=1S/C31H32ClF2NO/c1-3-5-7-21-8-10-23(11-9-21)26-17-16-25(29(32)30(26)33)22-12-14-24(15-13-22)27-18-19-28(31(34)35-27)36-20-6-4-2/h5,7,10,12-19,21H,3-4,6,8-9,11,20H2,1-2H3/b7-5+. The molecule has 1 aliphatic rings. The Kier molecular flexibility index (Phi) is 8.93. The van der Waals surface area contributed by atoms with Crippen molar-refractivity contribution in [3.8, 4) is 28.1 Å². The quantitative estimate of drug-likeness (QED) is 0.163. The second-order valence-corrected chi connectivity index (χ2v) is 9.53. The van der Waals surface area contributed by atoms with Crippen molar-refractivity contribution in [1.29, 1.82) is 0 Å². The van der Waals surface area contributed by atoms with E-state index in [1.165, 1.54) is 0 Å². The van der Waals surface area contributed by atoms with Crippen LogP contribution < -0.4 is 4.74 Å². The van der Waals surface area contributed by atoms with Crippen molar-refractivity contribution >= 4 is 17.2 Å². The molecule has 0 saturated heterocycles. The monoisotopic (exact) mass is 507 g/mol. The van der Waals surface area contributed by atoms with Crippen LogP contribution in [0.4, 0.5) is 8.78 Å². The average Bonchev–Trinajstić information content (AvgIpc) is 2.90. The van der Waals surface area contributed by atoms with Crippen molar-refractivity contribution in [2.75, 3.05) is 6.61 Å². The molecule has 1 atom stereocenters. The molecule has 1 aliphatic carbocycles. The summed E-state index contributed by atoms with van der Waals surface area (Å²) in [4.78, 5) is 4.05. The number of rotatable bonds is 9. The summed E-state index contributed by atoms with van der Waals surface area (Å²) in [5, 5.41) is 0.118. The minimum atomic E-state index is -0.627. The minimum absolute atomic E-state index is 0.118. The largest absolute Gasteiger partial charge is 0.489 e. The molecule has 36 heavy (non-hydrogen) atoms. The van der Waals surface area contributed by atoms with Crippen molar-refractivity contribution in [2.45, 2.75) is 52.4 Å². The third kappa shape index (κ3) is 6.04. The lowest BCUT2D eigenvalue weighted by Crippen LogP contribution is -2.04. The molecule has 5 heteroatoms. The Hall–Kier alpha value is -2.98. The van der Waals surface area contributed by atoms with Crippen LogP contribution in [0.15, 0.2) is 66.8 Å². The number of ether oxygens (including phenoxy) is 1. The molecule has 2 nitrogen and oxygen atoms in total. The van der Waals surface area contributed by atoms with Crippen molar-refractivity contribution in [3.05, 3.63) is 89.1 Å². The zero-order chi connectivity index (χ0) is 25.5. The van der Waals surface area contributed by atoms with Gasteiger partial charge in [0.2, 0.25) is 0 Å². The third-order valence-corrected chi connectivity index (χ3v) is 6.95. The lowest BCUT2D eigenvalue weighted by Gasteiger charge is -2.20.